The molecule has 1 saturated heterocycles. The number of hydrogen-bond donors (Lipinski definition) is 0. The summed E-state index contributed by atoms with van der Waals surface area (Å²) in [5.41, 5.74) is 0.289. The lowest BCUT2D eigenvalue weighted by Gasteiger charge is -2.35. The second-order valence-electron chi connectivity index (χ2n) is 5.60. The lowest BCUT2D eigenvalue weighted by Crippen LogP contribution is -2.49. The summed E-state index contributed by atoms with van der Waals surface area (Å²) in [6.07, 6.45) is 3.72. The second kappa shape index (κ2) is 6.69. The molecule has 0 bridgehead atoms. The molecule has 0 N–H and O–H groups in total. The molecule has 3 rings (SSSR count). The maximum absolute atomic E-state index is 12.6. The molecule has 1 fully saturated rings. The Morgan fingerprint density at radius 3 is 2.71 bits per heavy atom. The Morgan fingerprint density at radius 2 is 2.04 bits per heavy atom. The highest BCUT2D eigenvalue weighted by Gasteiger charge is 2.24. The van der Waals surface area contributed by atoms with Gasteiger partial charge in [-0.05, 0) is 13.0 Å². The molecule has 1 aliphatic rings. The third-order valence-electron chi connectivity index (χ3n) is 4.19. The Hall–Kier alpha value is -2.90. The SMILES string of the molecule is CCn1ccnc1N1CCN(C(=O)c2cccc([N+](=O)[O-])c2)CC1. The van der Waals surface area contributed by atoms with Crippen LogP contribution in [0.2, 0.25) is 0 Å². The molecule has 0 atom stereocenters. The number of hydrogen-bond acceptors (Lipinski definition) is 5. The number of nitro benzene ring substituents is 1. The van der Waals surface area contributed by atoms with Crippen molar-refractivity contribution in [2.45, 2.75) is 13.5 Å². The molecule has 8 nitrogen and oxygen atoms in total. The fourth-order valence-corrected chi connectivity index (χ4v) is 2.88. The fourth-order valence-electron chi connectivity index (χ4n) is 2.88. The summed E-state index contributed by atoms with van der Waals surface area (Å²) < 4.78 is 2.07. The number of nitrogens with zero attached hydrogens (tertiary/aromatic N) is 5. The third-order valence-corrected chi connectivity index (χ3v) is 4.19. The third kappa shape index (κ3) is 3.08. The van der Waals surface area contributed by atoms with Gasteiger partial charge in [0.05, 0.1) is 4.92 Å². The van der Waals surface area contributed by atoms with E-state index in [2.05, 4.69) is 21.4 Å². The number of amides is 1. The van der Waals surface area contributed by atoms with E-state index in [0.717, 1.165) is 12.5 Å². The first-order valence-electron chi connectivity index (χ1n) is 7.90. The number of anilines is 1. The average molecular weight is 329 g/mol. The number of nitro groups is 1. The molecule has 0 aliphatic carbocycles. The number of aromatic nitrogens is 2. The van der Waals surface area contributed by atoms with E-state index in [4.69, 9.17) is 0 Å². The van der Waals surface area contributed by atoms with Gasteiger partial charge in [0.25, 0.3) is 11.6 Å². The lowest BCUT2D eigenvalue weighted by atomic mass is 10.1. The monoisotopic (exact) mass is 329 g/mol. The van der Waals surface area contributed by atoms with Gasteiger partial charge in [-0.2, -0.15) is 0 Å². The number of benzene rings is 1. The van der Waals surface area contributed by atoms with Crippen LogP contribution in [0.5, 0.6) is 0 Å². The van der Waals surface area contributed by atoms with Crippen molar-refractivity contribution in [3.8, 4) is 0 Å². The number of aryl methyl sites for hydroxylation is 1. The fraction of sp³-hybridized carbons (Fsp3) is 0.375. The Kier molecular flexibility index (Phi) is 4.45. The van der Waals surface area contributed by atoms with Gasteiger partial charge < -0.3 is 14.4 Å². The molecule has 0 saturated carbocycles. The molecule has 1 aliphatic heterocycles. The van der Waals surface area contributed by atoms with Crippen LogP contribution in [0.25, 0.3) is 0 Å². The Balaban J connectivity index is 1.67. The van der Waals surface area contributed by atoms with Crippen LogP contribution >= 0.6 is 0 Å². The van der Waals surface area contributed by atoms with Gasteiger partial charge in [-0.3, -0.25) is 14.9 Å². The number of rotatable bonds is 4. The largest absolute Gasteiger partial charge is 0.339 e. The minimum absolute atomic E-state index is 0.0653. The standard InChI is InChI=1S/C16H19N5O3/c1-2-18-7-6-17-16(18)20-10-8-19(9-11-20)15(22)13-4-3-5-14(12-13)21(23)24/h3-7,12H,2,8-11H2,1H3. The van der Waals surface area contributed by atoms with Crippen LogP contribution in [-0.4, -0.2) is 51.5 Å². The summed E-state index contributed by atoms with van der Waals surface area (Å²) in [5.74, 6) is 0.747. The molecule has 24 heavy (non-hydrogen) atoms. The van der Waals surface area contributed by atoms with E-state index in [9.17, 15) is 14.9 Å². The summed E-state index contributed by atoms with van der Waals surface area (Å²) in [6, 6.07) is 5.88. The first kappa shape index (κ1) is 16.0. The number of non-ortho nitro benzene ring substituents is 1. The molecule has 0 unspecified atom stereocenters. The summed E-state index contributed by atoms with van der Waals surface area (Å²) in [5, 5.41) is 10.9. The van der Waals surface area contributed by atoms with Gasteiger partial charge in [-0.15, -0.1) is 0 Å². The van der Waals surface area contributed by atoms with Crippen molar-refractivity contribution in [1.82, 2.24) is 14.5 Å². The number of carbonyl (C=O) groups is 1. The molecular weight excluding hydrogens is 310 g/mol. The predicted molar refractivity (Wildman–Crippen MR) is 89.1 cm³/mol. The molecule has 1 amide bonds. The van der Waals surface area contributed by atoms with Crippen molar-refractivity contribution >= 4 is 17.5 Å². The maximum atomic E-state index is 12.6. The van der Waals surface area contributed by atoms with E-state index in [-0.39, 0.29) is 11.6 Å². The van der Waals surface area contributed by atoms with Crippen LogP contribution in [0.1, 0.15) is 17.3 Å². The van der Waals surface area contributed by atoms with Crippen LogP contribution in [0.4, 0.5) is 11.6 Å². The Morgan fingerprint density at radius 1 is 1.29 bits per heavy atom. The van der Waals surface area contributed by atoms with Crippen molar-refractivity contribution in [2.24, 2.45) is 0 Å². The van der Waals surface area contributed by atoms with Gasteiger partial charge in [-0.1, -0.05) is 6.07 Å². The molecule has 126 valence electrons. The van der Waals surface area contributed by atoms with Crippen LogP contribution in [0.3, 0.4) is 0 Å². The van der Waals surface area contributed by atoms with Gasteiger partial charge in [0.1, 0.15) is 0 Å². The summed E-state index contributed by atoms with van der Waals surface area (Å²) in [6.45, 7) is 5.43. The van der Waals surface area contributed by atoms with E-state index in [0.29, 0.717) is 31.7 Å². The van der Waals surface area contributed by atoms with Gasteiger partial charge in [0.15, 0.2) is 0 Å². The Labute approximate surface area is 139 Å². The highest BCUT2D eigenvalue weighted by atomic mass is 16.6. The molecule has 0 spiro atoms. The molecule has 2 aromatic rings. The van der Waals surface area contributed by atoms with Gasteiger partial charge in [0, 0.05) is 62.8 Å². The minimum Gasteiger partial charge on any atom is -0.339 e. The van der Waals surface area contributed by atoms with Gasteiger partial charge in [0.2, 0.25) is 5.95 Å². The summed E-state index contributed by atoms with van der Waals surface area (Å²) >= 11 is 0. The van der Waals surface area contributed by atoms with Crippen LogP contribution in [0.15, 0.2) is 36.7 Å². The van der Waals surface area contributed by atoms with Crippen molar-refractivity contribution in [1.29, 1.82) is 0 Å². The zero-order valence-electron chi connectivity index (χ0n) is 13.5. The number of piperazine rings is 1. The summed E-state index contributed by atoms with van der Waals surface area (Å²) in [7, 11) is 0. The first-order valence-corrected chi connectivity index (χ1v) is 7.90. The van der Waals surface area contributed by atoms with Crippen LogP contribution < -0.4 is 4.90 Å². The molecule has 1 aromatic heterocycles. The highest BCUT2D eigenvalue weighted by molar-refractivity contribution is 5.95. The second-order valence-corrected chi connectivity index (χ2v) is 5.60. The van der Waals surface area contributed by atoms with Crippen molar-refractivity contribution < 1.29 is 9.72 Å². The van der Waals surface area contributed by atoms with Crippen molar-refractivity contribution in [3.63, 3.8) is 0 Å². The molecule has 2 heterocycles. The minimum atomic E-state index is -0.487. The molecule has 1 aromatic carbocycles. The zero-order valence-corrected chi connectivity index (χ0v) is 13.5. The lowest BCUT2D eigenvalue weighted by molar-refractivity contribution is -0.384. The quantitative estimate of drug-likeness (QED) is 0.630. The zero-order chi connectivity index (χ0) is 17.1. The maximum Gasteiger partial charge on any atom is 0.270 e. The van der Waals surface area contributed by atoms with Crippen molar-refractivity contribution in [2.75, 3.05) is 31.1 Å². The van der Waals surface area contributed by atoms with E-state index >= 15 is 0 Å². The van der Waals surface area contributed by atoms with E-state index in [1.165, 1.54) is 12.1 Å². The van der Waals surface area contributed by atoms with Crippen LogP contribution in [-0.2, 0) is 6.54 Å². The molecule has 0 radical (unpaired) electrons. The number of imidazole rings is 1. The highest BCUT2D eigenvalue weighted by Crippen LogP contribution is 2.18. The number of carbonyl (C=O) groups excluding carboxylic acids is 1. The normalized spacial score (nSPS) is 14.7. The van der Waals surface area contributed by atoms with E-state index < -0.39 is 4.92 Å². The smallest absolute Gasteiger partial charge is 0.270 e. The van der Waals surface area contributed by atoms with E-state index in [1.54, 1.807) is 23.2 Å². The van der Waals surface area contributed by atoms with E-state index in [1.807, 2.05) is 6.20 Å². The van der Waals surface area contributed by atoms with Gasteiger partial charge in [-0.25, -0.2) is 4.98 Å². The average Bonchev–Trinajstić information content (AvgIpc) is 3.10. The first-order chi connectivity index (χ1) is 11.6. The molecular formula is C16H19N5O3. The topological polar surface area (TPSA) is 84.5 Å². The predicted octanol–water partition coefficient (Wildman–Crippen LogP) is 1.77. The van der Waals surface area contributed by atoms with Gasteiger partial charge >= 0.3 is 0 Å². The van der Waals surface area contributed by atoms with Crippen molar-refractivity contribution in [3.05, 3.63) is 52.3 Å². The summed E-state index contributed by atoms with van der Waals surface area (Å²) in [4.78, 5) is 31.2. The molecule has 8 heteroatoms. The van der Waals surface area contributed by atoms with Crippen LogP contribution in [0, 0.1) is 10.1 Å². The Bertz CT molecular complexity index is 750.